The largest absolute Gasteiger partial charge is 0.299 e. The molecule has 15 heavy (non-hydrogen) atoms. The summed E-state index contributed by atoms with van der Waals surface area (Å²) in [5.74, 6) is -5.27. The maximum Gasteiger partial charge on any atom is 0.166 e. The summed E-state index contributed by atoms with van der Waals surface area (Å²) < 4.78 is 51.9. The monoisotopic (exact) mass is 219 g/mol. The summed E-state index contributed by atoms with van der Waals surface area (Å²) >= 11 is 0. The standard InChI is InChI=1S/C10H9F4N/c11-7-4-8(12)10(14)6(9(7)13)5-15-2-1-3-15/h4H,1-3,5H2. The fourth-order valence-corrected chi connectivity index (χ4v) is 1.52. The Bertz CT molecular complexity index is 361. The first kappa shape index (κ1) is 10.4. The highest BCUT2D eigenvalue weighted by Gasteiger charge is 2.23. The second kappa shape index (κ2) is 3.81. The smallest absolute Gasteiger partial charge is 0.166 e. The zero-order valence-electron chi connectivity index (χ0n) is 7.86. The Morgan fingerprint density at radius 3 is 1.93 bits per heavy atom. The summed E-state index contributed by atoms with van der Waals surface area (Å²) in [7, 11) is 0. The molecule has 82 valence electrons. The molecule has 1 aromatic carbocycles. The topological polar surface area (TPSA) is 3.24 Å². The molecule has 1 heterocycles. The van der Waals surface area contributed by atoms with Crippen molar-refractivity contribution in [2.45, 2.75) is 13.0 Å². The molecular weight excluding hydrogens is 210 g/mol. The van der Waals surface area contributed by atoms with E-state index in [1.807, 2.05) is 0 Å². The zero-order chi connectivity index (χ0) is 11.0. The maximum atomic E-state index is 13.2. The summed E-state index contributed by atoms with van der Waals surface area (Å²) in [6.45, 7) is 1.33. The minimum Gasteiger partial charge on any atom is -0.299 e. The summed E-state index contributed by atoms with van der Waals surface area (Å²) in [4.78, 5) is 1.72. The molecule has 1 aliphatic heterocycles. The molecule has 0 unspecified atom stereocenters. The van der Waals surface area contributed by atoms with Crippen LogP contribution in [0.1, 0.15) is 12.0 Å². The number of nitrogens with zero attached hydrogens (tertiary/aromatic N) is 1. The van der Waals surface area contributed by atoms with Gasteiger partial charge in [-0.1, -0.05) is 0 Å². The molecule has 0 bridgehead atoms. The van der Waals surface area contributed by atoms with Gasteiger partial charge in [-0.15, -0.1) is 0 Å². The van der Waals surface area contributed by atoms with Crippen molar-refractivity contribution in [1.82, 2.24) is 4.90 Å². The van der Waals surface area contributed by atoms with E-state index < -0.39 is 28.8 Å². The zero-order valence-corrected chi connectivity index (χ0v) is 7.86. The van der Waals surface area contributed by atoms with E-state index in [1.54, 1.807) is 4.90 Å². The average molecular weight is 219 g/mol. The second-order valence-corrected chi connectivity index (χ2v) is 3.58. The lowest BCUT2D eigenvalue weighted by atomic mass is 10.1. The van der Waals surface area contributed by atoms with E-state index in [1.165, 1.54) is 0 Å². The van der Waals surface area contributed by atoms with Crippen LogP contribution in [0.3, 0.4) is 0 Å². The minimum atomic E-state index is -1.34. The van der Waals surface area contributed by atoms with Gasteiger partial charge >= 0.3 is 0 Å². The number of likely N-dealkylation sites (tertiary alicyclic amines) is 1. The Kier molecular flexibility index (Phi) is 2.65. The van der Waals surface area contributed by atoms with Gasteiger partial charge in [0, 0.05) is 18.2 Å². The molecule has 0 radical (unpaired) electrons. The third kappa shape index (κ3) is 1.84. The van der Waals surface area contributed by atoms with Crippen LogP contribution in [0, 0.1) is 23.3 Å². The fraction of sp³-hybridized carbons (Fsp3) is 0.400. The molecule has 0 aliphatic carbocycles. The van der Waals surface area contributed by atoms with Crippen molar-refractivity contribution in [1.29, 1.82) is 0 Å². The highest BCUT2D eigenvalue weighted by molar-refractivity contribution is 5.22. The number of rotatable bonds is 2. The lowest BCUT2D eigenvalue weighted by Gasteiger charge is -2.30. The highest BCUT2D eigenvalue weighted by atomic mass is 19.2. The SMILES string of the molecule is Fc1cc(F)c(F)c(CN2CCC2)c1F. The van der Waals surface area contributed by atoms with Crippen LogP contribution in [0.25, 0.3) is 0 Å². The van der Waals surface area contributed by atoms with Crippen LogP contribution in [0.4, 0.5) is 17.6 Å². The predicted molar refractivity (Wildman–Crippen MR) is 46.2 cm³/mol. The van der Waals surface area contributed by atoms with E-state index in [4.69, 9.17) is 0 Å². The molecule has 1 aromatic rings. The normalized spacial score (nSPS) is 16.5. The lowest BCUT2D eigenvalue weighted by molar-refractivity contribution is 0.166. The van der Waals surface area contributed by atoms with E-state index in [0.29, 0.717) is 13.1 Å². The summed E-state index contributed by atoms with van der Waals surface area (Å²) in [5, 5.41) is 0. The molecule has 1 saturated heterocycles. The van der Waals surface area contributed by atoms with Crippen LogP contribution in [-0.2, 0) is 6.54 Å². The van der Waals surface area contributed by atoms with Gasteiger partial charge in [-0.05, 0) is 19.5 Å². The molecule has 0 atom stereocenters. The molecular formula is C10H9F4N. The first-order chi connectivity index (χ1) is 7.09. The van der Waals surface area contributed by atoms with Crippen LogP contribution >= 0.6 is 0 Å². The van der Waals surface area contributed by atoms with Crippen molar-refractivity contribution >= 4 is 0 Å². The van der Waals surface area contributed by atoms with Gasteiger partial charge in [0.25, 0.3) is 0 Å². The Balaban J connectivity index is 2.34. The Morgan fingerprint density at radius 2 is 1.53 bits per heavy atom. The summed E-state index contributed by atoms with van der Waals surface area (Å²) in [6.07, 6.45) is 0.945. The van der Waals surface area contributed by atoms with Crippen LogP contribution < -0.4 is 0 Å². The number of hydrogen-bond acceptors (Lipinski definition) is 1. The molecule has 2 rings (SSSR count). The molecule has 5 heteroatoms. The Morgan fingerprint density at radius 1 is 1.00 bits per heavy atom. The van der Waals surface area contributed by atoms with E-state index in [9.17, 15) is 17.6 Å². The molecule has 0 spiro atoms. The van der Waals surface area contributed by atoms with Crippen molar-refractivity contribution in [2.24, 2.45) is 0 Å². The van der Waals surface area contributed by atoms with E-state index in [2.05, 4.69) is 0 Å². The van der Waals surface area contributed by atoms with E-state index in [0.717, 1.165) is 6.42 Å². The third-order valence-corrected chi connectivity index (χ3v) is 2.53. The molecule has 0 amide bonds. The van der Waals surface area contributed by atoms with Gasteiger partial charge in [0.1, 0.15) is 0 Å². The van der Waals surface area contributed by atoms with E-state index >= 15 is 0 Å². The number of benzene rings is 1. The Hall–Kier alpha value is -1.10. The lowest BCUT2D eigenvalue weighted by Crippen LogP contribution is -2.37. The van der Waals surface area contributed by atoms with Crippen molar-refractivity contribution in [2.75, 3.05) is 13.1 Å². The number of halogens is 4. The predicted octanol–water partition coefficient (Wildman–Crippen LogP) is 2.45. The summed E-state index contributed by atoms with van der Waals surface area (Å²) in [5.41, 5.74) is -0.521. The van der Waals surface area contributed by atoms with Crippen molar-refractivity contribution in [3.8, 4) is 0 Å². The molecule has 0 aromatic heterocycles. The maximum absolute atomic E-state index is 13.2. The van der Waals surface area contributed by atoms with E-state index in [-0.39, 0.29) is 12.6 Å². The van der Waals surface area contributed by atoms with Gasteiger partial charge in [-0.25, -0.2) is 17.6 Å². The third-order valence-electron chi connectivity index (χ3n) is 2.53. The van der Waals surface area contributed by atoms with Gasteiger partial charge < -0.3 is 0 Å². The average Bonchev–Trinajstić information content (AvgIpc) is 2.12. The molecule has 1 aliphatic rings. The second-order valence-electron chi connectivity index (χ2n) is 3.58. The van der Waals surface area contributed by atoms with Gasteiger partial charge in [-0.2, -0.15) is 0 Å². The molecule has 0 saturated carbocycles. The fourth-order valence-electron chi connectivity index (χ4n) is 1.52. The van der Waals surface area contributed by atoms with Crippen molar-refractivity contribution in [3.63, 3.8) is 0 Å². The van der Waals surface area contributed by atoms with Crippen molar-refractivity contribution < 1.29 is 17.6 Å². The minimum absolute atomic E-state index is 0.0770. The highest BCUT2D eigenvalue weighted by Crippen LogP contribution is 2.22. The van der Waals surface area contributed by atoms with Crippen LogP contribution in [0.15, 0.2) is 6.07 Å². The molecule has 1 nitrogen and oxygen atoms in total. The Labute approximate surface area is 84.3 Å². The van der Waals surface area contributed by atoms with Crippen LogP contribution in [0.2, 0.25) is 0 Å². The van der Waals surface area contributed by atoms with Gasteiger partial charge in [0.15, 0.2) is 23.3 Å². The first-order valence-electron chi connectivity index (χ1n) is 4.64. The van der Waals surface area contributed by atoms with Gasteiger partial charge in [0.05, 0.1) is 0 Å². The molecule has 0 N–H and O–H groups in total. The first-order valence-corrected chi connectivity index (χ1v) is 4.64. The van der Waals surface area contributed by atoms with Crippen molar-refractivity contribution in [3.05, 3.63) is 34.9 Å². The van der Waals surface area contributed by atoms with Gasteiger partial charge in [-0.3, -0.25) is 4.90 Å². The van der Waals surface area contributed by atoms with Crippen LogP contribution in [-0.4, -0.2) is 18.0 Å². The van der Waals surface area contributed by atoms with Gasteiger partial charge in [0.2, 0.25) is 0 Å². The quantitative estimate of drug-likeness (QED) is 0.545. The summed E-state index contributed by atoms with van der Waals surface area (Å²) in [6, 6.07) is 0.226. The number of hydrogen-bond donors (Lipinski definition) is 0. The molecule has 1 fully saturated rings. The van der Waals surface area contributed by atoms with Crippen LogP contribution in [0.5, 0.6) is 0 Å².